The largest absolute Gasteiger partial charge is 0.377 e. The second-order valence-electron chi connectivity index (χ2n) is 7.61. The lowest BCUT2D eigenvalue weighted by molar-refractivity contribution is 0.114. The topological polar surface area (TPSA) is 91.8 Å². The third kappa shape index (κ3) is 8.02. The summed E-state index contributed by atoms with van der Waals surface area (Å²) in [5, 5.41) is 6.59. The van der Waals surface area contributed by atoms with Crippen LogP contribution in [0.25, 0.3) is 0 Å². The number of halogens is 1. The highest BCUT2D eigenvalue weighted by Crippen LogP contribution is 2.14. The van der Waals surface area contributed by atoms with E-state index in [-0.39, 0.29) is 35.0 Å². The fourth-order valence-corrected chi connectivity index (χ4v) is 4.43. The van der Waals surface area contributed by atoms with Crippen molar-refractivity contribution in [2.45, 2.75) is 50.8 Å². The van der Waals surface area contributed by atoms with Gasteiger partial charge in [-0.15, -0.1) is 24.0 Å². The minimum atomic E-state index is -3.54. The molecule has 0 aliphatic carbocycles. The van der Waals surface area contributed by atoms with Crippen LogP contribution < -0.4 is 15.4 Å². The fraction of sp³-hybridized carbons (Fsp3) is 0.435. The van der Waals surface area contributed by atoms with Crippen LogP contribution in [0.15, 0.2) is 58.4 Å². The monoisotopic (exact) mass is 572 g/mol. The molecule has 1 fully saturated rings. The Morgan fingerprint density at radius 1 is 1.12 bits per heavy atom. The third-order valence-electron chi connectivity index (χ3n) is 5.23. The molecule has 0 bridgehead atoms. The van der Waals surface area contributed by atoms with E-state index in [1.165, 1.54) is 11.1 Å². The van der Waals surface area contributed by atoms with Gasteiger partial charge < -0.3 is 15.4 Å². The van der Waals surface area contributed by atoms with E-state index in [9.17, 15) is 8.42 Å². The van der Waals surface area contributed by atoms with Gasteiger partial charge >= 0.3 is 0 Å². The Morgan fingerprint density at radius 2 is 1.88 bits per heavy atom. The van der Waals surface area contributed by atoms with E-state index in [0.29, 0.717) is 26.2 Å². The predicted molar refractivity (Wildman–Crippen MR) is 139 cm³/mol. The van der Waals surface area contributed by atoms with Crippen LogP contribution in [0.4, 0.5) is 0 Å². The molecule has 9 heteroatoms. The SMILES string of the molecule is CCNC(=NCc1ccc(S(=O)(=O)NCC2CCCO2)cc1)NCc1ccccc1C.I. The van der Waals surface area contributed by atoms with E-state index in [1.807, 2.05) is 19.1 Å². The molecular weight excluding hydrogens is 539 g/mol. The summed E-state index contributed by atoms with van der Waals surface area (Å²) in [6.45, 7) is 7.02. The van der Waals surface area contributed by atoms with Crippen LogP contribution in [0.3, 0.4) is 0 Å². The zero-order valence-electron chi connectivity index (χ0n) is 18.6. The summed E-state index contributed by atoms with van der Waals surface area (Å²) in [6.07, 6.45) is 1.85. The fourth-order valence-electron chi connectivity index (χ4n) is 3.36. The number of benzene rings is 2. The second-order valence-corrected chi connectivity index (χ2v) is 9.37. The van der Waals surface area contributed by atoms with Crippen molar-refractivity contribution >= 4 is 40.0 Å². The first-order chi connectivity index (χ1) is 15.0. The van der Waals surface area contributed by atoms with Gasteiger partial charge in [0.05, 0.1) is 17.5 Å². The summed E-state index contributed by atoms with van der Waals surface area (Å²) in [6, 6.07) is 15.1. The van der Waals surface area contributed by atoms with E-state index in [2.05, 4.69) is 39.4 Å². The van der Waals surface area contributed by atoms with Crippen LogP contribution in [0.5, 0.6) is 0 Å². The van der Waals surface area contributed by atoms with E-state index in [1.54, 1.807) is 24.3 Å². The van der Waals surface area contributed by atoms with Crippen LogP contribution >= 0.6 is 24.0 Å². The maximum atomic E-state index is 12.5. The highest BCUT2D eigenvalue weighted by Gasteiger charge is 2.20. The lowest BCUT2D eigenvalue weighted by Gasteiger charge is -2.13. The maximum absolute atomic E-state index is 12.5. The normalized spacial score (nSPS) is 16.4. The lowest BCUT2D eigenvalue weighted by Crippen LogP contribution is -2.36. The molecule has 0 spiro atoms. The Morgan fingerprint density at radius 3 is 2.53 bits per heavy atom. The van der Waals surface area contributed by atoms with E-state index >= 15 is 0 Å². The smallest absolute Gasteiger partial charge is 0.240 e. The Hall–Kier alpha value is -1.69. The molecule has 32 heavy (non-hydrogen) atoms. The molecule has 7 nitrogen and oxygen atoms in total. The molecule has 1 unspecified atom stereocenters. The van der Waals surface area contributed by atoms with E-state index in [0.717, 1.165) is 30.9 Å². The molecule has 0 radical (unpaired) electrons. The molecule has 1 heterocycles. The van der Waals surface area contributed by atoms with Crippen molar-refractivity contribution < 1.29 is 13.2 Å². The van der Waals surface area contributed by atoms with Crippen LogP contribution in [-0.2, 0) is 27.8 Å². The molecule has 176 valence electrons. The van der Waals surface area contributed by atoms with Crippen molar-refractivity contribution in [1.82, 2.24) is 15.4 Å². The molecule has 1 atom stereocenters. The number of sulfonamides is 1. The highest BCUT2D eigenvalue weighted by molar-refractivity contribution is 14.0. The number of ether oxygens (including phenoxy) is 1. The molecule has 1 aliphatic rings. The number of nitrogens with zero attached hydrogens (tertiary/aromatic N) is 1. The maximum Gasteiger partial charge on any atom is 0.240 e. The Kier molecular flexibility index (Phi) is 10.9. The van der Waals surface area contributed by atoms with Gasteiger partial charge in [0.1, 0.15) is 0 Å². The number of aryl methyl sites for hydroxylation is 1. The third-order valence-corrected chi connectivity index (χ3v) is 6.67. The standard InChI is InChI=1S/C23H32N4O3S.HI/c1-3-24-23(26-16-20-8-5-4-7-18(20)2)25-15-19-10-12-22(13-11-19)31(28,29)27-17-21-9-6-14-30-21;/h4-5,7-8,10-13,21,27H,3,6,9,14-17H2,1-2H3,(H2,24,25,26);1H. The zero-order valence-corrected chi connectivity index (χ0v) is 21.8. The molecule has 0 amide bonds. The van der Waals surface area contributed by atoms with Crippen molar-refractivity contribution in [3.8, 4) is 0 Å². The number of hydrogen-bond acceptors (Lipinski definition) is 4. The van der Waals surface area contributed by atoms with Crippen molar-refractivity contribution in [2.75, 3.05) is 19.7 Å². The summed E-state index contributed by atoms with van der Waals surface area (Å²) in [5.41, 5.74) is 3.39. The molecular formula is C23H33IN4O3S. The van der Waals surface area contributed by atoms with Crippen molar-refractivity contribution in [3.05, 3.63) is 65.2 Å². The van der Waals surface area contributed by atoms with E-state index < -0.39 is 10.0 Å². The van der Waals surface area contributed by atoms with Crippen LogP contribution in [0.2, 0.25) is 0 Å². The summed E-state index contributed by atoms with van der Waals surface area (Å²) >= 11 is 0. The van der Waals surface area contributed by atoms with Gasteiger partial charge in [-0.1, -0.05) is 36.4 Å². The molecule has 0 saturated carbocycles. The number of rotatable bonds is 9. The van der Waals surface area contributed by atoms with Crippen molar-refractivity contribution in [3.63, 3.8) is 0 Å². The minimum absolute atomic E-state index is 0. The van der Waals surface area contributed by atoms with Gasteiger partial charge in [-0.3, -0.25) is 0 Å². The van der Waals surface area contributed by atoms with Gasteiger partial charge in [-0.2, -0.15) is 0 Å². The Labute approximate surface area is 208 Å². The van der Waals surface area contributed by atoms with Crippen LogP contribution in [-0.4, -0.2) is 40.2 Å². The summed E-state index contributed by atoms with van der Waals surface area (Å²) in [5.74, 6) is 0.723. The number of aliphatic imine (C=N–C) groups is 1. The lowest BCUT2D eigenvalue weighted by atomic mass is 10.1. The van der Waals surface area contributed by atoms with Crippen LogP contribution in [0, 0.1) is 6.92 Å². The van der Waals surface area contributed by atoms with Crippen LogP contribution in [0.1, 0.15) is 36.5 Å². The predicted octanol–water partition coefficient (Wildman–Crippen LogP) is 3.33. The highest BCUT2D eigenvalue weighted by atomic mass is 127. The average Bonchev–Trinajstić information content (AvgIpc) is 3.29. The summed E-state index contributed by atoms with van der Waals surface area (Å²) in [7, 11) is -3.54. The molecule has 2 aromatic rings. The number of nitrogens with one attached hydrogen (secondary N) is 3. The molecule has 2 aromatic carbocycles. The summed E-state index contributed by atoms with van der Waals surface area (Å²) in [4.78, 5) is 4.87. The van der Waals surface area contributed by atoms with Gasteiger partial charge in [0, 0.05) is 26.2 Å². The average molecular weight is 573 g/mol. The molecule has 3 N–H and O–H groups in total. The first kappa shape index (κ1) is 26.6. The second kappa shape index (κ2) is 13.1. The first-order valence-electron chi connectivity index (χ1n) is 10.7. The Balaban J connectivity index is 0.00000363. The van der Waals surface area contributed by atoms with E-state index in [4.69, 9.17) is 4.74 Å². The minimum Gasteiger partial charge on any atom is -0.377 e. The molecule has 0 aromatic heterocycles. The number of guanidine groups is 1. The number of hydrogen-bond donors (Lipinski definition) is 3. The molecule has 1 saturated heterocycles. The van der Waals surface area contributed by atoms with Gasteiger partial charge in [-0.25, -0.2) is 18.1 Å². The molecule has 3 rings (SSSR count). The quantitative estimate of drug-likeness (QED) is 0.244. The van der Waals surface area contributed by atoms with Gasteiger partial charge in [0.2, 0.25) is 10.0 Å². The Bertz CT molecular complexity index is 975. The van der Waals surface area contributed by atoms with Gasteiger partial charge in [0.15, 0.2) is 5.96 Å². The van der Waals surface area contributed by atoms with Gasteiger partial charge in [0.25, 0.3) is 0 Å². The zero-order chi connectivity index (χ0) is 22.1. The van der Waals surface area contributed by atoms with Gasteiger partial charge in [-0.05, 0) is 55.5 Å². The molecule has 1 aliphatic heterocycles. The summed E-state index contributed by atoms with van der Waals surface area (Å²) < 4.78 is 33.1. The van der Waals surface area contributed by atoms with Crippen molar-refractivity contribution in [1.29, 1.82) is 0 Å². The first-order valence-corrected chi connectivity index (χ1v) is 12.2. The van der Waals surface area contributed by atoms with Crippen molar-refractivity contribution in [2.24, 2.45) is 4.99 Å².